The fraction of sp³-hybridized carbons (Fsp3) is 0.556. The molecule has 0 radical (unpaired) electrons. The van der Waals surface area contributed by atoms with Crippen molar-refractivity contribution < 1.29 is 22.7 Å². The number of alkyl halides is 1. The maximum absolute atomic E-state index is 14.6. The number of nitrogens with zero attached hydrogens (tertiary/aromatic N) is 3. The summed E-state index contributed by atoms with van der Waals surface area (Å²) in [6.07, 6.45) is 8.37. The van der Waals surface area contributed by atoms with E-state index in [0.29, 0.717) is 41.9 Å². The Morgan fingerprint density at radius 2 is 1.82 bits per heavy atom. The normalized spacial score (nSPS) is 22.3. The van der Waals surface area contributed by atoms with Gasteiger partial charge in [-0.05, 0) is 62.5 Å². The number of pyridine rings is 1. The number of halogens is 1. The van der Waals surface area contributed by atoms with Gasteiger partial charge >= 0.3 is 0 Å². The number of amides is 1. The van der Waals surface area contributed by atoms with Crippen LogP contribution in [0, 0.1) is 5.41 Å². The average Bonchev–Trinajstić information content (AvgIpc) is 3.54. The Bertz CT molecular complexity index is 1340. The van der Waals surface area contributed by atoms with Crippen LogP contribution in [-0.2, 0) is 10.0 Å². The Hall–Kier alpha value is -2.57. The van der Waals surface area contributed by atoms with Crippen LogP contribution in [-0.4, -0.2) is 74.9 Å². The summed E-state index contributed by atoms with van der Waals surface area (Å²) in [6.45, 7) is 3.57. The lowest BCUT2D eigenvalue weighted by Gasteiger charge is -2.35. The third-order valence-corrected chi connectivity index (χ3v) is 10.1. The van der Waals surface area contributed by atoms with E-state index in [2.05, 4.69) is 19.9 Å². The Balaban J connectivity index is 1.41. The zero-order chi connectivity index (χ0) is 27.8. The number of aliphatic hydroxyl groups is 1. The first-order valence-corrected chi connectivity index (χ1v) is 16.2. The minimum atomic E-state index is -3.77. The van der Waals surface area contributed by atoms with Crippen molar-refractivity contribution in [2.45, 2.75) is 49.6 Å². The van der Waals surface area contributed by atoms with Crippen LogP contribution in [0.2, 0.25) is 0 Å². The molecule has 12 heteroatoms. The van der Waals surface area contributed by atoms with Gasteiger partial charge in [-0.2, -0.15) is 0 Å². The molecular weight excluding hydrogens is 541 g/mol. The van der Waals surface area contributed by atoms with Gasteiger partial charge in [0.2, 0.25) is 10.0 Å². The zero-order valence-corrected chi connectivity index (χ0v) is 24.0. The molecule has 2 aromatic rings. The molecule has 2 saturated heterocycles. The van der Waals surface area contributed by atoms with Gasteiger partial charge in [0.1, 0.15) is 11.5 Å². The lowest BCUT2D eigenvalue weighted by molar-refractivity contribution is 0.102. The lowest BCUT2D eigenvalue weighted by Crippen LogP contribution is -2.36. The van der Waals surface area contributed by atoms with E-state index < -0.39 is 28.1 Å². The molecule has 212 valence electrons. The van der Waals surface area contributed by atoms with Crippen LogP contribution in [0.3, 0.4) is 0 Å². The van der Waals surface area contributed by atoms with Gasteiger partial charge in [-0.15, -0.1) is 11.8 Å². The fourth-order valence-electron chi connectivity index (χ4n) is 5.51. The molecular formula is C27H36FN5O4S2. The number of anilines is 4. The smallest absolute Gasteiger partial charge is 0.259 e. The molecule has 1 atom stereocenters. The van der Waals surface area contributed by atoms with Crippen molar-refractivity contribution in [1.29, 1.82) is 0 Å². The summed E-state index contributed by atoms with van der Waals surface area (Å²) in [5, 5.41) is 12.1. The second-order valence-electron chi connectivity index (χ2n) is 11.1. The Kier molecular flexibility index (Phi) is 7.73. The topological polar surface area (TPSA) is 115 Å². The number of benzene rings is 1. The molecule has 39 heavy (non-hydrogen) atoms. The number of hydrogen-bond donors (Lipinski definition) is 3. The van der Waals surface area contributed by atoms with Crippen molar-refractivity contribution in [3.05, 3.63) is 36.0 Å². The van der Waals surface area contributed by atoms with E-state index in [1.165, 1.54) is 19.0 Å². The SMILES string of the molecule is CSc1ccc(NC(=O)c2cnc(NS(=O)(=O)CCO)cc2N2CCC3(CC2)CC3)cc1N1CCC(C)(F)C1. The highest BCUT2D eigenvalue weighted by Gasteiger charge is 2.44. The number of hydrogen-bond acceptors (Lipinski definition) is 8. The predicted molar refractivity (Wildman–Crippen MR) is 154 cm³/mol. The number of rotatable bonds is 9. The monoisotopic (exact) mass is 577 g/mol. The standard InChI is InChI=1S/C27H36FN5O4S2/c1-26(28)7-10-33(18-26)22-15-19(3-4-23(22)38-2)30-25(35)20-17-29-24(31-39(36,37)14-13-34)16-21(20)32-11-8-27(5-6-27)9-12-32/h3-4,15-17,34H,5-14,18H2,1-2H3,(H,29,31)(H,30,35). The molecule has 5 rings (SSSR count). The summed E-state index contributed by atoms with van der Waals surface area (Å²) in [4.78, 5) is 22.9. The van der Waals surface area contributed by atoms with E-state index in [-0.39, 0.29) is 11.7 Å². The van der Waals surface area contributed by atoms with Crippen molar-refractivity contribution in [1.82, 2.24) is 4.98 Å². The average molecular weight is 578 g/mol. The van der Waals surface area contributed by atoms with Gasteiger partial charge in [-0.3, -0.25) is 9.52 Å². The van der Waals surface area contributed by atoms with Gasteiger partial charge in [-0.1, -0.05) is 0 Å². The van der Waals surface area contributed by atoms with Gasteiger partial charge in [-0.25, -0.2) is 17.8 Å². The van der Waals surface area contributed by atoms with Crippen molar-refractivity contribution >= 4 is 50.6 Å². The van der Waals surface area contributed by atoms with E-state index in [0.717, 1.165) is 36.5 Å². The number of aliphatic hydroxyl groups excluding tert-OH is 1. The fourth-order valence-corrected chi connectivity index (χ4v) is 6.88. The quantitative estimate of drug-likeness (QED) is 0.382. The number of nitrogens with one attached hydrogen (secondary N) is 2. The van der Waals surface area contributed by atoms with Gasteiger partial charge in [0.05, 0.1) is 35.8 Å². The van der Waals surface area contributed by atoms with E-state index in [1.54, 1.807) is 24.8 Å². The Labute approximate surface area is 233 Å². The molecule has 1 unspecified atom stereocenters. The first kappa shape index (κ1) is 28.0. The maximum atomic E-state index is 14.6. The number of aromatic nitrogens is 1. The van der Waals surface area contributed by atoms with Crippen molar-refractivity contribution in [3.8, 4) is 0 Å². The highest BCUT2D eigenvalue weighted by Crippen LogP contribution is 2.54. The molecule has 1 aromatic heterocycles. The summed E-state index contributed by atoms with van der Waals surface area (Å²) in [5.41, 5.74) is 1.63. The van der Waals surface area contributed by atoms with E-state index in [9.17, 15) is 17.6 Å². The summed E-state index contributed by atoms with van der Waals surface area (Å²) in [6, 6.07) is 7.25. The van der Waals surface area contributed by atoms with E-state index >= 15 is 0 Å². The van der Waals surface area contributed by atoms with Gasteiger partial charge in [0.15, 0.2) is 0 Å². The summed E-state index contributed by atoms with van der Waals surface area (Å²) in [7, 11) is -3.77. The Morgan fingerprint density at radius 3 is 2.44 bits per heavy atom. The van der Waals surface area contributed by atoms with Crippen molar-refractivity contribution in [2.24, 2.45) is 5.41 Å². The number of piperidine rings is 1. The Morgan fingerprint density at radius 1 is 1.10 bits per heavy atom. The summed E-state index contributed by atoms with van der Waals surface area (Å²) < 4.78 is 41.5. The van der Waals surface area contributed by atoms with Gasteiger partial charge in [0, 0.05) is 48.9 Å². The lowest BCUT2D eigenvalue weighted by atomic mass is 9.93. The molecule has 1 saturated carbocycles. The highest BCUT2D eigenvalue weighted by molar-refractivity contribution is 7.98. The summed E-state index contributed by atoms with van der Waals surface area (Å²) in [5.74, 6) is -0.684. The second-order valence-corrected chi connectivity index (χ2v) is 13.8. The van der Waals surface area contributed by atoms with Crippen molar-refractivity contribution in [3.63, 3.8) is 0 Å². The van der Waals surface area contributed by atoms with Gasteiger partial charge in [0.25, 0.3) is 5.91 Å². The third-order valence-electron chi connectivity index (χ3n) is 8.07. The first-order valence-electron chi connectivity index (χ1n) is 13.3. The van der Waals surface area contributed by atoms with Crippen molar-refractivity contribution in [2.75, 3.05) is 64.6 Å². The molecule has 3 heterocycles. The van der Waals surface area contributed by atoms with Crippen LogP contribution in [0.15, 0.2) is 35.4 Å². The molecule has 2 aliphatic heterocycles. The number of carbonyl (C=O) groups is 1. The molecule has 3 aliphatic rings. The zero-order valence-electron chi connectivity index (χ0n) is 22.4. The molecule has 9 nitrogen and oxygen atoms in total. The number of thioether (sulfide) groups is 1. The molecule has 3 fully saturated rings. The molecule has 3 N–H and O–H groups in total. The van der Waals surface area contributed by atoms with Crippen LogP contribution < -0.4 is 19.8 Å². The van der Waals surface area contributed by atoms with Crippen LogP contribution in [0.25, 0.3) is 0 Å². The first-order chi connectivity index (χ1) is 18.5. The van der Waals surface area contributed by atoms with Crippen LogP contribution in [0.5, 0.6) is 0 Å². The molecule has 1 spiro atoms. The highest BCUT2D eigenvalue weighted by atomic mass is 32.2. The molecule has 1 aromatic carbocycles. The molecule has 0 bridgehead atoms. The molecule has 1 aliphatic carbocycles. The van der Waals surface area contributed by atoms with Crippen LogP contribution >= 0.6 is 11.8 Å². The maximum Gasteiger partial charge on any atom is 0.259 e. The largest absolute Gasteiger partial charge is 0.395 e. The minimum Gasteiger partial charge on any atom is -0.395 e. The second kappa shape index (κ2) is 10.8. The van der Waals surface area contributed by atoms with Crippen LogP contribution in [0.4, 0.5) is 27.3 Å². The van der Waals surface area contributed by atoms with E-state index in [4.69, 9.17) is 5.11 Å². The summed E-state index contributed by atoms with van der Waals surface area (Å²) >= 11 is 1.58. The number of sulfonamides is 1. The van der Waals surface area contributed by atoms with Crippen LogP contribution in [0.1, 0.15) is 49.4 Å². The molecule has 1 amide bonds. The minimum absolute atomic E-state index is 0.108. The predicted octanol–water partition coefficient (Wildman–Crippen LogP) is 4.11. The van der Waals surface area contributed by atoms with E-state index in [1.807, 2.05) is 29.4 Å². The number of carbonyl (C=O) groups excluding carboxylic acids is 1. The van der Waals surface area contributed by atoms with Gasteiger partial charge < -0.3 is 20.2 Å². The third kappa shape index (κ3) is 6.44.